The van der Waals surface area contributed by atoms with Crippen LogP contribution in [0.25, 0.3) is 11.2 Å². The molecule has 8 nitrogen and oxygen atoms in total. The van der Waals surface area contributed by atoms with E-state index >= 15 is 0 Å². The molecule has 0 aliphatic carbocycles. The van der Waals surface area contributed by atoms with Crippen LogP contribution in [-0.4, -0.2) is 50.7 Å². The molecule has 0 radical (unpaired) electrons. The first-order chi connectivity index (χ1) is 10.5. The van der Waals surface area contributed by atoms with Crippen LogP contribution >= 0.6 is 0 Å². The Hall–Kier alpha value is -1.74. The highest BCUT2D eigenvalue weighted by atomic mass is 32.2. The maximum Gasteiger partial charge on any atom is 0.330 e. The van der Waals surface area contributed by atoms with E-state index in [1.807, 2.05) is 0 Å². The van der Waals surface area contributed by atoms with E-state index in [4.69, 9.17) is 0 Å². The second kappa shape index (κ2) is 5.47. The zero-order valence-electron chi connectivity index (χ0n) is 12.6. The molecule has 2 aromatic rings. The summed E-state index contributed by atoms with van der Waals surface area (Å²) in [5.41, 5.74) is 1.03. The highest BCUT2D eigenvalue weighted by Gasteiger charge is 2.30. The van der Waals surface area contributed by atoms with E-state index in [-0.39, 0.29) is 17.5 Å². The molecular weight excluding hydrogens is 306 g/mol. The summed E-state index contributed by atoms with van der Waals surface area (Å²) in [4.78, 5) is 20.7. The number of fused-ring (bicyclic) bond motifs is 1. The lowest BCUT2D eigenvalue weighted by molar-refractivity contribution is 0.266. The Morgan fingerprint density at radius 2 is 2.18 bits per heavy atom. The van der Waals surface area contributed by atoms with E-state index < -0.39 is 10.0 Å². The quantitative estimate of drug-likeness (QED) is 0.799. The lowest BCUT2D eigenvalue weighted by Gasteiger charge is -2.32. The summed E-state index contributed by atoms with van der Waals surface area (Å²) in [6.07, 6.45) is 4.50. The van der Waals surface area contributed by atoms with Crippen molar-refractivity contribution in [3.8, 4) is 0 Å². The van der Waals surface area contributed by atoms with Gasteiger partial charge in [0.2, 0.25) is 10.0 Å². The molecule has 0 N–H and O–H groups in total. The van der Waals surface area contributed by atoms with Crippen LogP contribution in [0.3, 0.4) is 0 Å². The summed E-state index contributed by atoms with van der Waals surface area (Å²) in [6, 6.07) is -0.193. The number of aromatic nitrogens is 4. The lowest BCUT2D eigenvalue weighted by atomic mass is 10.1. The second-order valence-electron chi connectivity index (χ2n) is 5.50. The van der Waals surface area contributed by atoms with Crippen molar-refractivity contribution in [1.82, 2.24) is 23.4 Å². The number of hydrogen-bond donors (Lipinski definition) is 0. The summed E-state index contributed by atoms with van der Waals surface area (Å²) in [5.74, 6) is 0.0757. The number of piperidine rings is 1. The molecule has 0 bridgehead atoms. The van der Waals surface area contributed by atoms with E-state index in [1.54, 1.807) is 24.7 Å². The van der Waals surface area contributed by atoms with Crippen molar-refractivity contribution in [3.05, 3.63) is 23.0 Å². The third-order valence-electron chi connectivity index (χ3n) is 4.24. The van der Waals surface area contributed by atoms with Crippen LogP contribution in [0.1, 0.15) is 25.8 Å². The fraction of sp³-hybridized carbons (Fsp3) is 0.615. The molecule has 120 valence electrons. The molecule has 1 aliphatic heterocycles. The van der Waals surface area contributed by atoms with Crippen LogP contribution in [0.5, 0.6) is 0 Å². The third-order valence-corrected chi connectivity index (χ3v) is 6.09. The summed E-state index contributed by atoms with van der Waals surface area (Å²) in [7, 11) is -1.57. The van der Waals surface area contributed by atoms with E-state index in [0.29, 0.717) is 24.3 Å². The molecule has 1 fully saturated rings. The zero-order chi connectivity index (χ0) is 15.9. The maximum atomic E-state index is 12.5. The third kappa shape index (κ3) is 2.34. The number of aryl methyl sites for hydroxylation is 1. The van der Waals surface area contributed by atoms with Gasteiger partial charge in [-0.3, -0.25) is 9.13 Å². The zero-order valence-corrected chi connectivity index (χ0v) is 13.5. The van der Waals surface area contributed by atoms with Crippen LogP contribution in [0.2, 0.25) is 0 Å². The Labute approximate surface area is 128 Å². The Balaban J connectivity index is 2.05. The normalized spacial score (nSPS) is 20.5. The molecule has 1 atom stereocenters. The molecule has 0 saturated carbocycles. The smallest absolute Gasteiger partial charge is 0.292 e. The van der Waals surface area contributed by atoms with Gasteiger partial charge in [0.15, 0.2) is 5.65 Å². The van der Waals surface area contributed by atoms with E-state index in [1.165, 1.54) is 15.2 Å². The van der Waals surface area contributed by atoms with E-state index in [2.05, 4.69) is 9.97 Å². The molecule has 3 rings (SSSR count). The van der Waals surface area contributed by atoms with Gasteiger partial charge in [-0.05, 0) is 19.8 Å². The van der Waals surface area contributed by atoms with E-state index in [0.717, 1.165) is 12.8 Å². The first kappa shape index (κ1) is 15.2. The summed E-state index contributed by atoms with van der Waals surface area (Å²) >= 11 is 0. The van der Waals surface area contributed by atoms with Crippen LogP contribution in [0.15, 0.2) is 17.3 Å². The second-order valence-corrected chi connectivity index (χ2v) is 7.76. The minimum absolute atomic E-state index is 0.0757. The molecule has 0 aromatic carbocycles. The number of nitrogens with zero attached hydrogens (tertiary/aromatic N) is 5. The van der Waals surface area contributed by atoms with Crippen molar-refractivity contribution in [2.24, 2.45) is 7.05 Å². The molecule has 1 unspecified atom stereocenters. The van der Waals surface area contributed by atoms with Crippen molar-refractivity contribution in [2.45, 2.75) is 25.8 Å². The minimum Gasteiger partial charge on any atom is -0.292 e. The Morgan fingerprint density at radius 3 is 2.91 bits per heavy atom. The topological polar surface area (TPSA) is 90.1 Å². The fourth-order valence-corrected chi connectivity index (χ4v) is 4.16. The van der Waals surface area contributed by atoms with Gasteiger partial charge in [0.05, 0.1) is 18.0 Å². The van der Waals surface area contributed by atoms with Crippen molar-refractivity contribution >= 4 is 21.2 Å². The lowest BCUT2D eigenvalue weighted by Crippen LogP contribution is -2.43. The van der Waals surface area contributed by atoms with Crippen LogP contribution < -0.4 is 5.69 Å². The first-order valence-electron chi connectivity index (χ1n) is 7.30. The minimum atomic E-state index is -3.24. The Kier molecular flexibility index (Phi) is 3.77. The Morgan fingerprint density at radius 1 is 1.41 bits per heavy atom. The van der Waals surface area contributed by atoms with Crippen LogP contribution in [0, 0.1) is 0 Å². The van der Waals surface area contributed by atoms with Crippen molar-refractivity contribution < 1.29 is 8.42 Å². The number of sulfonamides is 1. The molecule has 1 saturated heterocycles. The average molecular weight is 325 g/mol. The van der Waals surface area contributed by atoms with Gasteiger partial charge in [-0.2, -0.15) is 4.31 Å². The van der Waals surface area contributed by atoms with Crippen molar-refractivity contribution in [2.75, 3.05) is 18.8 Å². The fourth-order valence-electron chi connectivity index (χ4n) is 2.99. The number of hydrogen-bond acceptors (Lipinski definition) is 5. The maximum absolute atomic E-state index is 12.5. The predicted octanol–water partition coefficient (Wildman–Crippen LogP) is 0.117. The summed E-state index contributed by atoms with van der Waals surface area (Å²) < 4.78 is 28.8. The molecule has 0 spiro atoms. The van der Waals surface area contributed by atoms with Gasteiger partial charge < -0.3 is 0 Å². The van der Waals surface area contributed by atoms with Gasteiger partial charge in [0.25, 0.3) is 0 Å². The summed E-state index contributed by atoms with van der Waals surface area (Å²) in [5, 5.41) is 0. The van der Waals surface area contributed by atoms with Gasteiger partial charge in [0, 0.05) is 20.1 Å². The first-order valence-corrected chi connectivity index (χ1v) is 8.91. The standard InChI is InChI=1S/C13H19N5O3S/c1-3-22(20,21)17-6-4-5-10(8-17)18-12-11(7-14-9-15-12)16(2)13(18)19/h7,9-10H,3-6,8H2,1-2H3. The van der Waals surface area contributed by atoms with Crippen LogP contribution in [-0.2, 0) is 17.1 Å². The van der Waals surface area contributed by atoms with Gasteiger partial charge in [-0.1, -0.05) is 0 Å². The van der Waals surface area contributed by atoms with Gasteiger partial charge in [-0.25, -0.2) is 23.2 Å². The predicted molar refractivity (Wildman–Crippen MR) is 82.1 cm³/mol. The molecule has 2 aromatic heterocycles. The van der Waals surface area contributed by atoms with Gasteiger partial charge >= 0.3 is 5.69 Å². The monoisotopic (exact) mass is 325 g/mol. The van der Waals surface area contributed by atoms with Crippen LogP contribution in [0.4, 0.5) is 0 Å². The number of rotatable bonds is 3. The Bertz CT molecular complexity index is 854. The molecule has 22 heavy (non-hydrogen) atoms. The van der Waals surface area contributed by atoms with E-state index in [9.17, 15) is 13.2 Å². The molecule has 3 heterocycles. The SMILES string of the molecule is CCS(=O)(=O)N1CCCC(n2c(=O)n(C)c3cncnc32)C1. The molecule has 9 heteroatoms. The van der Waals surface area contributed by atoms with Crippen molar-refractivity contribution in [1.29, 1.82) is 0 Å². The molecule has 0 amide bonds. The molecule has 1 aliphatic rings. The number of imidazole rings is 1. The van der Waals surface area contributed by atoms with Gasteiger partial charge in [0.1, 0.15) is 11.8 Å². The summed E-state index contributed by atoms with van der Waals surface area (Å²) in [6.45, 7) is 2.47. The van der Waals surface area contributed by atoms with Gasteiger partial charge in [-0.15, -0.1) is 0 Å². The highest BCUT2D eigenvalue weighted by Crippen LogP contribution is 2.25. The largest absolute Gasteiger partial charge is 0.330 e. The average Bonchev–Trinajstić information content (AvgIpc) is 2.79. The van der Waals surface area contributed by atoms with Crippen molar-refractivity contribution in [3.63, 3.8) is 0 Å². The molecular formula is C13H19N5O3S. The highest BCUT2D eigenvalue weighted by molar-refractivity contribution is 7.89.